The summed E-state index contributed by atoms with van der Waals surface area (Å²) < 4.78 is 0. The Morgan fingerprint density at radius 1 is 1.06 bits per heavy atom. The fourth-order valence-electron chi connectivity index (χ4n) is 1.49. The van der Waals surface area contributed by atoms with Gasteiger partial charge >= 0.3 is 0 Å². The van der Waals surface area contributed by atoms with Crippen molar-refractivity contribution in [1.29, 1.82) is 0 Å². The predicted octanol–water partition coefficient (Wildman–Crippen LogP) is 3.62. The van der Waals surface area contributed by atoms with Gasteiger partial charge in [0.05, 0.1) is 4.92 Å². The van der Waals surface area contributed by atoms with Gasteiger partial charge in [-0.2, -0.15) is 0 Å². The molecule has 0 saturated carbocycles. The first-order valence-electron chi connectivity index (χ1n) is 4.81. The van der Waals surface area contributed by atoms with E-state index < -0.39 is 4.92 Å². The number of phenols is 1. The molecular weight excluding hydrogens is 242 g/mol. The molecule has 2 aromatic rings. The highest BCUT2D eigenvalue weighted by Crippen LogP contribution is 2.30. The summed E-state index contributed by atoms with van der Waals surface area (Å²) in [6.07, 6.45) is 0. The number of hydrogen-bond donors (Lipinski definition) is 1. The van der Waals surface area contributed by atoms with Crippen LogP contribution in [-0.4, -0.2) is 10.0 Å². The van der Waals surface area contributed by atoms with E-state index in [0.29, 0.717) is 0 Å². The minimum atomic E-state index is -0.525. The van der Waals surface area contributed by atoms with Gasteiger partial charge in [0.25, 0.3) is 5.69 Å². The van der Waals surface area contributed by atoms with Gasteiger partial charge < -0.3 is 5.11 Å². The van der Waals surface area contributed by atoms with Crippen LogP contribution in [0.2, 0.25) is 5.02 Å². The SMILES string of the molecule is O=[N+]([O-])c1ccc(-c2ccc(O)cc2)cc1Cl. The van der Waals surface area contributed by atoms with Crippen molar-refractivity contribution >= 4 is 17.3 Å². The van der Waals surface area contributed by atoms with E-state index >= 15 is 0 Å². The van der Waals surface area contributed by atoms with Crippen molar-refractivity contribution in [1.82, 2.24) is 0 Å². The molecule has 4 nitrogen and oxygen atoms in total. The number of nitrogens with zero attached hydrogens (tertiary/aromatic N) is 1. The molecule has 5 heteroatoms. The number of rotatable bonds is 2. The van der Waals surface area contributed by atoms with E-state index in [9.17, 15) is 10.1 Å². The summed E-state index contributed by atoms with van der Waals surface area (Å²) >= 11 is 5.81. The van der Waals surface area contributed by atoms with Gasteiger partial charge in [-0.15, -0.1) is 0 Å². The van der Waals surface area contributed by atoms with E-state index in [2.05, 4.69) is 0 Å². The van der Waals surface area contributed by atoms with E-state index in [1.165, 1.54) is 12.1 Å². The average molecular weight is 250 g/mol. The number of nitro groups is 1. The van der Waals surface area contributed by atoms with Gasteiger partial charge in [-0.1, -0.05) is 23.7 Å². The van der Waals surface area contributed by atoms with Gasteiger partial charge in [-0.05, 0) is 35.4 Å². The second-order valence-electron chi connectivity index (χ2n) is 3.47. The molecular formula is C12H8ClNO3. The number of phenolic OH excluding ortho intramolecular Hbond substituents is 1. The molecule has 0 bridgehead atoms. The molecule has 1 N–H and O–H groups in total. The number of benzene rings is 2. The normalized spacial score (nSPS) is 10.2. The highest BCUT2D eigenvalue weighted by molar-refractivity contribution is 6.32. The second kappa shape index (κ2) is 4.43. The molecule has 0 amide bonds. The summed E-state index contributed by atoms with van der Waals surface area (Å²) in [7, 11) is 0. The fraction of sp³-hybridized carbons (Fsp3) is 0. The third-order valence-electron chi connectivity index (χ3n) is 2.35. The molecule has 0 aliphatic heterocycles. The van der Waals surface area contributed by atoms with Crippen molar-refractivity contribution in [3.05, 3.63) is 57.6 Å². The molecule has 2 rings (SSSR count). The Labute approximate surface area is 102 Å². The first-order valence-corrected chi connectivity index (χ1v) is 5.19. The van der Waals surface area contributed by atoms with E-state index in [4.69, 9.17) is 16.7 Å². The van der Waals surface area contributed by atoms with Crippen LogP contribution in [0.5, 0.6) is 5.75 Å². The van der Waals surface area contributed by atoms with Gasteiger partial charge in [-0.25, -0.2) is 0 Å². The van der Waals surface area contributed by atoms with Crippen molar-refractivity contribution in [3.8, 4) is 16.9 Å². The molecule has 0 unspecified atom stereocenters. The zero-order valence-electron chi connectivity index (χ0n) is 8.63. The van der Waals surface area contributed by atoms with Gasteiger partial charge in [0.1, 0.15) is 10.8 Å². The molecule has 17 heavy (non-hydrogen) atoms. The Morgan fingerprint density at radius 3 is 2.18 bits per heavy atom. The first kappa shape index (κ1) is 11.4. The van der Waals surface area contributed by atoms with Crippen LogP contribution in [-0.2, 0) is 0 Å². The van der Waals surface area contributed by atoms with Crippen molar-refractivity contribution in [2.75, 3.05) is 0 Å². The van der Waals surface area contributed by atoms with Crippen LogP contribution in [0, 0.1) is 10.1 Å². The smallest absolute Gasteiger partial charge is 0.287 e. The third kappa shape index (κ3) is 2.37. The molecule has 0 radical (unpaired) electrons. The molecule has 0 aliphatic rings. The molecule has 0 aromatic heterocycles. The van der Waals surface area contributed by atoms with Crippen LogP contribution in [0.15, 0.2) is 42.5 Å². The van der Waals surface area contributed by atoms with Crippen LogP contribution in [0.25, 0.3) is 11.1 Å². The van der Waals surface area contributed by atoms with Crippen LogP contribution in [0.1, 0.15) is 0 Å². The highest BCUT2D eigenvalue weighted by atomic mass is 35.5. The standard InChI is InChI=1S/C12H8ClNO3/c13-11-7-9(3-6-12(11)14(16)17)8-1-4-10(15)5-2-8/h1-7,15H. The van der Waals surface area contributed by atoms with E-state index in [1.54, 1.807) is 30.3 Å². The van der Waals surface area contributed by atoms with E-state index in [-0.39, 0.29) is 16.5 Å². The lowest BCUT2D eigenvalue weighted by atomic mass is 10.1. The molecule has 0 aliphatic carbocycles. The lowest BCUT2D eigenvalue weighted by Crippen LogP contribution is -1.89. The van der Waals surface area contributed by atoms with Crippen molar-refractivity contribution in [2.24, 2.45) is 0 Å². The summed E-state index contributed by atoms with van der Waals surface area (Å²) in [5.41, 5.74) is 1.48. The maximum atomic E-state index is 10.6. The third-order valence-corrected chi connectivity index (χ3v) is 2.65. The monoisotopic (exact) mass is 249 g/mol. The van der Waals surface area contributed by atoms with Gasteiger partial charge in [0, 0.05) is 6.07 Å². The van der Waals surface area contributed by atoms with Crippen LogP contribution < -0.4 is 0 Å². The minimum Gasteiger partial charge on any atom is -0.508 e. The summed E-state index contributed by atoms with van der Waals surface area (Å²) in [5, 5.41) is 19.9. The summed E-state index contributed by atoms with van der Waals surface area (Å²) in [6, 6.07) is 11.0. The molecule has 0 atom stereocenters. The van der Waals surface area contributed by atoms with Crippen molar-refractivity contribution < 1.29 is 10.0 Å². The van der Waals surface area contributed by atoms with Crippen LogP contribution >= 0.6 is 11.6 Å². The number of aromatic hydroxyl groups is 1. The van der Waals surface area contributed by atoms with E-state index in [0.717, 1.165) is 11.1 Å². The van der Waals surface area contributed by atoms with Gasteiger partial charge in [-0.3, -0.25) is 10.1 Å². The van der Waals surface area contributed by atoms with Crippen molar-refractivity contribution in [2.45, 2.75) is 0 Å². The first-order chi connectivity index (χ1) is 8.08. The molecule has 0 spiro atoms. The quantitative estimate of drug-likeness (QED) is 0.653. The zero-order valence-corrected chi connectivity index (χ0v) is 9.39. The molecule has 0 heterocycles. The molecule has 0 fully saturated rings. The molecule has 0 saturated heterocycles. The maximum Gasteiger partial charge on any atom is 0.287 e. The zero-order chi connectivity index (χ0) is 12.4. The van der Waals surface area contributed by atoms with E-state index in [1.807, 2.05) is 0 Å². The second-order valence-corrected chi connectivity index (χ2v) is 3.88. The van der Waals surface area contributed by atoms with Gasteiger partial charge in [0.2, 0.25) is 0 Å². The maximum absolute atomic E-state index is 10.6. The number of halogens is 1. The summed E-state index contributed by atoms with van der Waals surface area (Å²) in [4.78, 5) is 10.1. The van der Waals surface area contributed by atoms with Gasteiger partial charge in [0.15, 0.2) is 0 Å². The molecule has 2 aromatic carbocycles. The van der Waals surface area contributed by atoms with Crippen molar-refractivity contribution in [3.63, 3.8) is 0 Å². The highest BCUT2D eigenvalue weighted by Gasteiger charge is 2.12. The average Bonchev–Trinajstić information content (AvgIpc) is 2.29. The largest absolute Gasteiger partial charge is 0.508 e. The minimum absolute atomic E-state index is 0.0978. The lowest BCUT2D eigenvalue weighted by Gasteiger charge is -2.03. The predicted molar refractivity (Wildman–Crippen MR) is 65.2 cm³/mol. The topological polar surface area (TPSA) is 63.4 Å². The molecule has 86 valence electrons. The Balaban J connectivity index is 2.44. The number of hydrogen-bond acceptors (Lipinski definition) is 3. The Bertz CT molecular complexity index is 566. The lowest BCUT2D eigenvalue weighted by molar-refractivity contribution is -0.384. The summed E-state index contributed by atoms with van der Waals surface area (Å²) in [6.45, 7) is 0. The Kier molecular flexibility index (Phi) is 2.97. The Hall–Kier alpha value is -2.07. The Morgan fingerprint density at radius 2 is 1.65 bits per heavy atom. The van der Waals surface area contributed by atoms with Crippen LogP contribution in [0.3, 0.4) is 0 Å². The fourth-order valence-corrected chi connectivity index (χ4v) is 1.74. The number of nitro benzene ring substituents is 1. The summed E-state index contributed by atoms with van der Waals surface area (Å²) in [5.74, 6) is 0.168. The van der Waals surface area contributed by atoms with Crippen LogP contribution in [0.4, 0.5) is 5.69 Å².